The molecule has 3 aromatic carbocycles. The molecule has 1 aromatic heterocycles. The topological polar surface area (TPSA) is 40.5 Å². The summed E-state index contributed by atoms with van der Waals surface area (Å²) < 4.78 is 12.9. The summed E-state index contributed by atoms with van der Waals surface area (Å²) in [4.78, 5) is 11.5. The van der Waals surface area contributed by atoms with Crippen molar-refractivity contribution in [2.45, 2.75) is 13.0 Å². The van der Waals surface area contributed by atoms with Gasteiger partial charge in [-0.1, -0.05) is 36.4 Å². The lowest BCUT2D eigenvalue weighted by Crippen LogP contribution is -2.05. The number of rotatable bonds is 6. The number of aromatic nitrogens is 1. The van der Waals surface area contributed by atoms with Crippen molar-refractivity contribution in [1.29, 1.82) is 0 Å². The van der Waals surface area contributed by atoms with Crippen LogP contribution in [0, 0.1) is 0 Å². The molecular weight excluding hydrogens is 338 g/mol. The summed E-state index contributed by atoms with van der Waals surface area (Å²) >= 11 is 0. The van der Waals surface area contributed by atoms with Gasteiger partial charge in [0.05, 0.1) is 19.3 Å². The molecule has 0 spiro atoms. The van der Waals surface area contributed by atoms with Crippen LogP contribution in [0.1, 0.15) is 16.8 Å². The van der Waals surface area contributed by atoms with Crippen LogP contribution < -0.4 is 4.74 Å². The number of hydrogen-bond acceptors (Lipinski definition) is 3. The smallest absolute Gasteiger partial charge is 0.337 e. The molecular formula is C23H21NO3. The molecule has 0 aliphatic carbocycles. The molecule has 0 N–H and O–H groups in total. The van der Waals surface area contributed by atoms with Crippen molar-refractivity contribution in [2.75, 3.05) is 13.7 Å². The highest BCUT2D eigenvalue weighted by Crippen LogP contribution is 2.28. The van der Waals surface area contributed by atoms with Crippen molar-refractivity contribution >= 4 is 27.8 Å². The lowest BCUT2D eigenvalue weighted by atomic mass is 10.2. The second kappa shape index (κ2) is 7.54. The number of para-hydroxylation sites is 2. The van der Waals surface area contributed by atoms with Crippen molar-refractivity contribution in [3.05, 3.63) is 78.4 Å². The summed E-state index contributed by atoms with van der Waals surface area (Å²) in [5.41, 5.74) is 3.03. The van der Waals surface area contributed by atoms with Crippen LogP contribution in [0.4, 0.5) is 0 Å². The maximum atomic E-state index is 11.5. The number of aryl methyl sites for hydroxylation is 1. The Kier molecular flexibility index (Phi) is 4.79. The number of hydrogen-bond donors (Lipinski definition) is 0. The third-order valence-electron chi connectivity index (χ3n) is 4.75. The lowest BCUT2D eigenvalue weighted by molar-refractivity contribution is 0.0600. The first kappa shape index (κ1) is 17.2. The van der Waals surface area contributed by atoms with Crippen molar-refractivity contribution < 1.29 is 14.3 Å². The third kappa shape index (κ3) is 3.38. The van der Waals surface area contributed by atoms with Crippen LogP contribution in [0.3, 0.4) is 0 Å². The van der Waals surface area contributed by atoms with Crippen LogP contribution >= 0.6 is 0 Å². The van der Waals surface area contributed by atoms with Crippen molar-refractivity contribution in [3.8, 4) is 5.75 Å². The molecule has 1 heterocycles. The van der Waals surface area contributed by atoms with Gasteiger partial charge in [0.1, 0.15) is 5.75 Å². The highest BCUT2D eigenvalue weighted by atomic mass is 16.5. The highest BCUT2D eigenvalue weighted by Gasteiger charge is 2.09. The van der Waals surface area contributed by atoms with Gasteiger partial charge in [0, 0.05) is 28.4 Å². The fourth-order valence-electron chi connectivity index (χ4n) is 3.46. The van der Waals surface area contributed by atoms with Crippen LogP contribution in [0.25, 0.3) is 21.8 Å². The minimum atomic E-state index is -0.340. The number of carbonyl (C=O) groups excluding carboxylic acids is 1. The van der Waals surface area contributed by atoms with E-state index < -0.39 is 0 Å². The number of benzene rings is 3. The Morgan fingerprint density at radius 1 is 0.852 bits per heavy atom. The van der Waals surface area contributed by atoms with Gasteiger partial charge in [-0.3, -0.25) is 0 Å². The predicted octanol–water partition coefficient (Wildman–Crippen LogP) is 5.05. The van der Waals surface area contributed by atoms with Gasteiger partial charge in [0.25, 0.3) is 0 Å². The van der Waals surface area contributed by atoms with Gasteiger partial charge in [0.15, 0.2) is 0 Å². The standard InChI is InChI=1S/C23H21NO3/c1-26-23(25)17-11-13-18(14-12-17)27-16-6-15-24-21-9-4-2-7-19(21)20-8-3-5-10-22(20)24/h2-5,7-14H,6,15-16H2,1H3. The first-order valence-electron chi connectivity index (χ1n) is 9.05. The van der Waals surface area contributed by atoms with Gasteiger partial charge in [-0.15, -0.1) is 0 Å². The summed E-state index contributed by atoms with van der Waals surface area (Å²) in [6.07, 6.45) is 0.890. The minimum Gasteiger partial charge on any atom is -0.494 e. The number of methoxy groups -OCH3 is 1. The largest absolute Gasteiger partial charge is 0.494 e. The molecule has 0 unspecified atom stereocenters. The van der Waals surface area contributed by atoms with Crippen LogP contribution in [0.5, 0.6) is 5.75 Å². The van der Waals surface area contributed by atoms with Crippen molar-refractivity contribution in [1.82, 2.24) is 4.57 Å². The predicted molar refractivity (Wildman–Crippen MR) is 107 cm³/mol. The van der Waals surface area contributed by atoms with E-state index in [1.807, 2.05) is 0 Å². The van der Waals surface area contributed by atoms with Gasteiger partial charge in [-0.25, -0.2) is 4.79 Å². The Hall–Kier alpha value is -3.27. The first-order chi connectivity index (χ1) is 13.3. The Balaban J connectivity index is 1.44. The van der Waals surface area contributed by atoms with Gasteiger partial charge < -0.3 is 14.0 Å². The van der Waals surface area contributed by atoms with E-state index >= 15 is 0 Å². The van der Waals surface area contributed by atoms with Crippen LogP contribution in [-0.2, 0) is 11.3 Å². The van der Waals surface area contributed by atoms with E-state index in [2.05, 4.69) is 53.1 Å². The average Bonchev–Trinajstić information content (AvgIpc) is 3.05. The Morgan fingerprint density at radius 2 is 1.44 bits per heavy atom. The van der Waals surface area contributed by atoms with E-state index in [1.165, 1.54) is 28.9 Å². The molecule has 4 aromatic rings. The van der Waals surface area contributed by atoms with Gasteiger partial charge in [0.2, 0.25) is 0 Å². The SMILES string of the molecule is COC(=O)c1ccc(OCCCn2c3ccccc3c3ccccc32)cc1. The molecule has 0 radical (unpaired) electrons. The minimum absolute atomic E-state index is 0.340. The maximum Gasteiger partial charge on any atom is 0.337 e. The maximum absolute atomic E-state index is 11.5. The fourth-order valence-corrected chi connectivity index (χ4v) is 3.46. The number of fused-ring (bicyclic) bond motifs is 3. The zero-order valence-corrected chi connectivity index (χ0v) is 15.2. The molecule has 0 amide bonds. The molecule has 4 heteroatoms. The van der Waals surface area contributed by atoms with Crippen molar-refractivity contribution in [2.24, 2.45) is 0 Å². The molecule has 0 fully saturated rings. The fraction of sp³-hybridized carbons (Fsp3) is 0.174. The number of carbonyl (C=O) groups is 1. The summed E-state index contributed by atoms with van der Waals surface area (Å²) in [6.45, 7) is 1.49. The first-order valence-corrected chi connectivity index (χ1v) is 9.05. The monoisotopic (exact) mass is 359 g/mol. The Bertz CT molecular complexity index is 1030. The molecule has 4 nitrogen and oxygen atoms in total. The van der Waals surface area contributed by atoms with E-state index in [0.717, 1.165) is 18.7 Å². The second-order valence-corrected chi connectivity index (χ2v) is 6.40. The summed E-state index contributed by atoms with van der Waals surface area (Å²) in [7, 11) is 1.38. The highest BCUT2D eigenvalue weighted by molar-refractivity contribution is 6.07. The molecule has 0 saturated carbocycles. The molecule has 0 aliphatic rings. The Labute approximate surface area is 157 Å². The zero-order chi connectivity index (χ0) is 18.6. The molecule has 136 valence electrons. The van der Waals surface area contributed by atoms with E-state index in [4.69, 9.17) is 9.47 Å². The molecule has 27 heavy (non-hydrogen) atoms. The molecule has 0 atom stereocenters. The second-order valence-electron chi connectivity index (χ2n) is 6.40. The molecule has 0 aliphatic heterocycles. The average molecular weight is 359 g/mol. The number of nitrogens with zero attached hydrogens (tertiary/aromatic N) is 1. The number of esters is 1. The summed E-state index contributed by atoms with van der Waals surface area (Å²) in [5.74, 6) is 0.415. The lowest BCUT2D eigenvalue weighted by Gasteiger charge is -2.09. The van der Waals surface area contributed by atoms with Gasteiger partial charge in [-0.2, -0.15) is 0 Å². The third-order valence-corrected chi connectivity index (χ3v) is 4.75. The van der Waals surface area contributed by atoms with Crippen LogP contribution in [0.2, 0.25) is 0 Å². The van der Waals surface area contributed by atoms with E-state index in [1.54, 1.807) is 24.3 Å². The normalized spacial score (nSPS) is 11.0. The van der Waals surface area contributed by atoms with Gasteiger partial charge in [-0.05, 0) is 42.8 Å². The Morgan fingerprint density at radius 3 is 2.04 bits per heavy atom. The molecule has 4 rings (SSSR count). The van der Waals surface area contributed by atoms with Crippen molar-refractivity contribution in [3.63, 3.8) is 0 Å². The van der Waals surface area contributed by atoms with E-state index in [-0.39, 0.29) is 5.97 Å². The quantitative estimate of drug-likeness (QED) is 0.357. The molecule has 0 bridgehead atoms. The number of ether oxygens (including phenoxy) is 2. The summed E-state index contributed by atoms with van der Waals surface area (Å²) in [6, 6.07) is 24.0. The molecule has 0 saturated heterocycles. The van der Waals surface area contributed by atoms with Gasteiger partial charge >= 0.3 is 5.97 Å². The summed E-state index contributed by atoms with van der Waals surface area (Å²) in [5, 5.41) is 2.57. The zero-order valence-electron chi connectivity index (χ0n) is 15.2. The van der Waals surface area contributed by atoms with E-state index in [0.29, 0.717) is 12.2 Å². The van der Waals surface area contributed by atoms with Crippen LogP contribution in [-0.4, -0.2) is 24.3 Å². The van der Waals surface area contributed by atoms with E-state index in [9.17, 15) is 4.79 Å². The van der Waals surface area contributed by atoms with Crippen LogP contribution in [0.15, 0.2) is 72.8 Å².